The number of sulfonamides is 1. The molecule has 0 aromatic carbocycles. The summed E-state index contributed by atoms with van der Waals surface area (Å²) >= 11 is 1.29. The molecule has 1 atom stereocenters. The van der Waals surface area contributed by atoms with Gasteiger partial charge in [0.05, 0.1) is 24.7 Å². The number of thiophene rings is 1. The second-order valence-electron chi connectivity index (χ2n) is 4.58. The molecule has 19 heavy (non-hydrogen) atoms. The van der Waals surface area contributed by atoms with Gasteiger partial charge in [0.2, 0.25) is 10.0 Å². The van der Waals surface area contributed by atoms with Crippen molar-refractivity contribution in [3.63, 3.8) is 0 Å². The van der Waals surface area contributed by atoms with Crippen molar-refractivity contribution in [1.29, 1.82) is 0 Å². The maximum Gasteiger partial charge on any atom is 0.244 e. The average Bonchev–Trinajstić information content (AvgIpc) is 2.80. The average molecular weight is 305 g/mol. The van der Waals surface area contributed by atoms with E-state index in [1.54, 1.807) is 12.3 Å². The van der Waals surface area contributed by atoms with Gasteiger partial charge in [0.1, 0.15) is 4.90 Å². The Kier molecular flexibility index (Phi) is 4.62. The van der Waals surface area contributed by atoms with E-state index in [-0.39, 0.29) is 17.5 Å². The number of aliphatic hydroxyl groups is 1. The zero-order valence-corrected chi connectivity index (χ0v) is 12.8. The molecule has 1 fully saturated rings. The molecule has 0 saturated carbocycles. The summed E-state index contributed by atoms with van der Waals surface area (Å²) in [6.07, 6.45) is 0.719. The van der Waals surface area contributed by atoms with Crippen LogP contribution in [0.1, 0.15) is 23.8 Å². The molecule has 1 saturated heterocycles. The van der Waals surface area contributed by atoms with Gasteiger partial charge in [-0.1, -0.05) is 6.92 Å². The second-order valence-corrected chi connectivity index (χ2v) is 7.37. The van der Waals surface area contributed by atoms with Crippen LogP contribution < -0.4 is 0 Å². The zero-order valence-electron chi connectivity index (χ0n) is 11.1. The molecule has 0 aliphatic carbocycles. The van der Waals surface area contributed by atoms with E-state index in [0.29, 0.717) is 30.2 Å². The van der Waals surface area contributed by atoms with Crippen molar-refractivity contribution < 1.29 is 18.3 Å². The lowest BCUT2D eigenvalue weighted by molar-refractivity contribution is 0.0314. The third kappa shape index (κ3) is 2.71. The van der Waals surface area contributed by atoms with E-state index in [0.717, 1.165) is 6.42 Å². The summed E-state index contributed by atoms with van der Waals surface area (Å²) in [6.45, 7) is 4.72. The predicted molar refractivity (Wildman–Crippen MR) is 73.8 cm³/mol. The quantitative estimate of drug-likeness (QED) is 0.912. The van der Waals surface area contributed by atoms with Gasteiger partial charge in [-0.15, -0.1) is 11.3 Å². The zero-order chi connectivity index (χ0) is 14.0. The summed E-state index contributed by atoms with van der Waals surface area (Å²) in [5, 5.41) is 11.1. The fourth-order valence-corrected chi connectivity index (χ4v) is 5.62. The van der Waals surface area contributed by atoms with Crippen LogP contribution in [0, 0.1) is 6.92 Å². The lowest BCUT2D eigenvalue weighted by Crippen LogP contribution is -2.48. The third-order valence-electron chi connectivity index (χ3n) is 3.34. The first kappa shape index (κ1) is 14.9. The first-order chi connectivity index (χ1) is 9.02. The van der Waals surface area contributed by atoms with E-state index in [4.69, 9.17) is 4.74 Å². The first-order valence-corrected chi connectivity index (χ1v) is 8.61. The molecule has 2 rings (SSSR count). The number of rotatable bonds is 4. The molecule has 0 amide bonds. The van der Waals surface area contributed by atoms with Crippen molar-refractivity contribution in [2.45, 2.75) is 37.8 Å². The van der Waals surface area contributed by atoms with Gasteiger partial charge in [0, 0.05) is 12.6 Å². The summed E-state index contributed by atoms with van der Waals surface area (Å²) in [7, 11) is -3.55. The summed E-state index contributed by atoms with van der Waals surface area (Å²) in [5.74, 6) is 0. The topological polar surface area (TPSA) is 66.8 Å². The SMILES string of the molecule is CCC1COCCN1S(=O)(=O)c1c(C)csc1CO. The van der Waals surface area contributed by atoms with E-state index in [1.807, 2.05) is 6.92 Å². The van der Waals surface area contributed by atoms with Crippen LogP contribution in [0.5, 0.6) is 0 Å². The molecule has 7 heteroatoms. The molecule has 1 N–H and O–H groups in total. The number of nitrogens with zero attached hydrogens (tertiary/aromatic N) is 1. The lowest BCUT2D eigenvalue weighted by atomic mass is 10.2. The number of morpholine rings is 1. The molecule has 1 aromatic heterocycles. The van der Waals surface area contributed by atoms with Crippen LogP contribution in [0.3, 0.4) is 0 Å². The Labute approximate surface area is 117 Å². The van der Waals surface area contributed by atoms with Crippen molar-refractivity contribution in [2.75, 3.05) is 19.8 Å². The summed E-state index contributed by atoms with van der Waals surface area (Å²) in [6, 6.07) is -0.121. The summed E-state index contributed by atoms with van der Waals surface area (Å²) in [5.41, 5.74) is 0.704. The fraction of sp³-hybridized carbons (Fsp3) is 0.667. The second kappa shape index (κ2) is 5.88. The van der Waals surface area contributed by atoms with E-state index in [9.17, 15) is 13.5 Å². The smallest absolute Gasteiger partial charge is 0.244 e. The van der Waals surface area contributed by atoms with Crippen molar-refractivity contribution in [3.05, 3.63) is 15.8 Å². The molecular weight excluding hydrogens is 286 g/mol. The summed E-state index contributed by atoms with van der Waals surface area (Å²) in [4.78, 5) is 0.791. The van der Waals surface area contributed by atoms with Gasteiger partial charge >= 0.3 is 0 Å². The maximum atomic E-state index is 12.8. The van der Waals surface area contributed by atoms with Gasteiger partial charge in [0.25, 0.3) is 0 Å². The highest BCUT2D eigenvalue weighted by molar-refractivity contribution is 7.89. The highest BCUT2D eigenvalue weighted by Crippen LogP contribution is 2.31. The predicted octanol–water partition coefficient (Wildman–Crippen LogP) is 1.35. The summed E-state index contributed by atoms with van der Waals surface area (Å²) < 4.78 is 32.4. The molecule has 1 unspecified atom stereocenters. The molecular formula is C12H19NO4S2. The third-order valence-corrected chi connectivity index (χ3v) is 6.75. The maximum absolute atomic E-state index is 12.8. The van der Waals surface area contributed by atoms with E-state index >= 15 is 0 Å². The Morgan fingerprint density at radius 3 is 2.95 bits per heavy atom. The number of hydrogen-bond acceptors (Lipinski definition) is 5. The van der Waals surface area contributed by atoms with Gasteiger partial charge in [0.15, 0.2) is 0 Å². The molecule has 108 valence electrons. The molecule has 2 heterocycles. The number of hydrogen-bond donors (Lipinski definition) is 1. The normalized spacial score (nSPS) is 21.7. The largest absolute Gasteiger partial charge is 0.391 e. The van der Waals surface area contributed by atoms with E-state index < -0.39 is 10.0 Å². The first-order valence-electron chi connectivity index (χ1n) is 6.29. The highest BCUT2D eigenvalue weighted by atomic mass is 32.2. The van der Waals surface area contributed by atoms with Gasteiger partial charge in [-0.3, -0.25) is 0 Å². The Balaban J connectivity index is 2.43. The van der Waals surface area contributed by atoms with Crippen molar-refractivity contribution in [3.8, 4) is 0 Å². The van der Waals surface area contributed by atoms with E-state index in [1.165, 1.54) is 15.6 Å². The minimum atomic E-state index is -3.55. The molecule has 5 nitrogen and oxygen atoms in total. The number of aliphatic hydroxyl groups excluding tert-OH is 1. The Morgan fingerprint density at radius 2 is 2.32 bits per heavy atom. The van der Waals surface area contributed by atoms with Crippen LogP contribution in [0.4, 0.5) is 0 Å². The van der Waals surface area contributed by atoms with Gasteiger partial charge in [-0.25, -0.2) is 8.42 Å². The standard InChI is InChI=1S/C12H19NO4S2/c1-3-10-7-17-5-4-13(10)19(15,16)12-9(2)8-18-11(12)6-14/h8,10,14H,3-7H2,1-2H3. The number of ether oxygens (including phenoxy) is 1. The molecule has 1 aromatic rings. The van der Waals surface area contributed by atoms with Gasteiger partial charge in [-0.05, 0) is 24.3 Å². The van der Waals surface area contributed by atoms with Crippen LogP contribution in [-0.4, -0.2) is 43.6 Å². The Morgan fingerprint density at radius 1 is 1.58 bits per heavy atom. The van der Waals surface area contributed by atoms with Crippen LogP contribution in [0.25, 0.3) is 0 Å². The van der Waals surface area contributed by atoms with Crippen LogP contribution in [0.15, 0.2) is 10.3 Å². The molecule has 1 aliphatic heterocycles. The molecule has 0 radical (unpaired) electrons. The fourth-order valence-electron chi connectivity index (χ4n) is 2.34. The van der Waals surface area contributed by atoms with Crippen LogP contribution in [-0.2, 0) is 21.4 Å². The Bertz CT molecular complexity index is 538. The monoisotopic (exact) mass is 305 g/mol. The van der Waals surface area contributed by atoms with Crippen molar-refractivity contribution in [1.82, 2.24) is 4.31 Å². The van der Waals surface area contributed by atoms with E-state index in [2.05, 4.69) is 0 Å². The Hall–Kier alpha value is -0.470. The van der Waals surface area contributed by atoms with Gasteiger partial charge < -0.3 is 9.84 Å². The highest BCUT2D eigenvalue weighted by Gasteiger charge is 2.35. The molecule has 0 bridgehead atoms. The van der Waals surface area contributed by atoms with Crippen LogP contribution in [0.2, 0.25) is 0 Å². The van der Waals surface area contributed by atoms with Gasteiger partial charge in [-0.2, -0.15) is 4.31 Å². The minimum Gasteiger partial charge on any atom is -0.391 e. The van der Waals surface area contributed by atoms with Crippen LogP contribution >= 0.6 is 11.3 Å². The van der Waals surface area contributed by atoms with Crippen molar-refractivity contribution >= 4 is 21.4 Å². The van der Waals surface area contributed by atoms with Crippen molar-refractivity contribution in [2.24, 2.45) is 0 Å². The molecule has 0 spiro atoms. The lowest BCUT2D eigenvalue weighted by Gasteiger charge is -2.34. The number of aryl methyl sites for hydroxylation is 1. The molecule has 1 aliphatic rings. The minimum absolute atomic E-state index is 0.121.